The fourth-order valence-electron chi connectivity index (χ4n) is 0.166. The largest absolute Gasteiger partial charge is 0.316 e. The SMILES string of the molecule is CCCO[SH](=O)=O.[MgH2]. The molecule has 0 aliphatic rings. The Morgan fingerprint density at radius 1 is 1.50 bits per heavy atom. The highest BCUT2D eigenvalue weighted by Crippen LogP contribution is 1.76. The van der Waals surface area contributed by atoms with E-state index in [1.54, 1.807) is 0 Å². The van der Waals surface area contributed by atoms with Gasteiger partial charge in [-0.2, -0.15) is 0 Å². The van der Waals surface area contributed by atoms with Crippen LogP contribution in [-0.4, -0.2) is 38.1 Å². The van der Waals surface area contributed by atoms with Gasteiger partial charge >= 0.3 is 23.1 Å². The Kier molecular flexibility index (Phi) is 11.0. The van der Waals surface area contributed by atoms with Gasteiger partial charge < -0.3 is 0 Å². The highest BCUT2D eigenvalue weighted by molar-refractivity contribution is 7.67. The fraction of sp³-hybridized carbons (Fsp3) is 1.00. The van der Waals surface area contributed by atoms with Crippen molar-refractivity contribution in [3.05, 3.63) is 0 Å². The minimum atomic E-state index is -2.61. The van der Waals surface area contributed by atoms with Crippen LogP contribution in [0.15, 0.2) is 0 Å². The summed E-state index contributed by atoms with van der Waals surface area (Å²) in [6.07, 6.45) is 0.739. The van der Waals surface area contributed by atoms with Crippen molar-refractivity contribution in [1.82, 2.24) is 0 Å². The summed E-state index contributed by atoms with van der Waals surface area (Å²) < 4.78 is 23.3. The Morgan fingerprint density at radius 3 is 2.12 bits per heavy atom. The standard InChI is InChI=1S/C3H8O3S.Mg.2H/c1-2-3-6-7(4)5;;;/h7H,2-3H2,1H3;;;. The number of hydrogen-bond acceptors (Lipinski definition) is 3. The quantitative estimate of drug-likeness (QED) is 0.416. The van der Waals surface area contributed by atoms with Crippen LogP contribution in [0.5, 0.6) is 0 Å². The molecule has 5 heteroatoms. The van der Waals surface area contributed by atoms with E-state index in [4.69, 9.17) is 0 Å². The molecule has 0 saturated heterocycles. The smallest absolute Gasteiger partial charge is 0.272 e. The van der Waals surface area contributed by atoms with E-state index in [9.17, 15) is 8.42 Å². The molecule has 0 N–H and O–H groups in total. The summed E-state index contributed by atoms with van der Waals surface area (Å²) in [5.74, 6) is 0. The summed E-state index contributed by atoms with van der Waals surface area (Å²) in [5, 5.41) is 0. The van der Waals surface area contributed by atoms with E-state index >= 15 is 0 Å². The van der Waals surface area contributed by atoms with Gasteiger partial charge in [-0.3, -0.25) is 4.18 Å². The van der Waals surface area contributed by atoms with E-state index in [0.717, 1.165) is 6.42 Å². The van der Waals surface area contributed by atoms with E-state index < -0.39 is 11.0 Å². The van der Waals surface area contributed by atoms with Gasteiger partial charge in [0.05, 0.1) is 6.61 Å². The van der Waals surface area contributed by atoms with Crippen LogP contribution in [0.4, 0.5) is 0 Å². The third kappa shape index (κ3) is 9.84. The molecule has 0 spiro atoms. The molecule has 0 radical (unpaired) electrons. The molecule has 0 saturated carbocycles. The van der Waals surface area contributed by atoms with Crippen molar-refractivity contribution >= 4 is 34.0 Å². The third-order valence-corrected chi connectivity index (χ3v) is 0.794. The second kappa shape index (κ2) is 7.68. The maximum atomic E-state index is 9.57. The predicted molar refractivity (Wildman–Crippen MR) is 35.1 cm³/mol. The first-order valence-corrected chi connectivity index (χ1v) is 3.14. The highest BCUT2D eigenvalue weighted by atomic mass is 32.2. The molecule has 0 aromatic rings. The molecular weight excluding hydrogens is 140 g/mol. The number of thiol groups is 1. The van der Waals surface area contributed by atoms with E-state index in [1.807, 2.05) is 6.92 Å². The number of hydrogen-bond donors (Lipinski definition) is 1. The molecule has 8 heavy (non-hydrogen) atoms. The van der Waals surface area contributed by atoms with Crippen LogP contribution >= 0.6 is 0 Å². The average Bonchev–Trinajstić information content (AvgIpc) is 1.61. The minimum Gasteiger partial charge on any atom is -0.272 e. The third-order valence-electron chi connectivity index (χ3n) is 0.401. The molecule has 0 aromatic carbocycles. The maximum Gasteiger partial charge on any atom is 0.316 e. The van der Waals surface area contributed by atoms with Gasteiger partial charge in [-0.25, -0.2) is 8.42 Å². The Bertz CT molecular complexity index is 92.7. The van der Waals surface area contributed by atoms with Crippen molar-refractivity contribution < 1.29 is 12.6 Å². The molecule has 0 bridgehead atoms. The van der Waals surface area contributed by atoms with Gasteiger partial charge in [0.2, 0.25) is 0 Å². The summed E-state index contributed by atoms with van der Waals surface area (Å²) in [6.45, 7) is 2.15. The van der Waals surface area contributed by atoms with Crippen molar-refractivity contribution in [3.8, 4) is 0 Å². The summed E-state index contributed by atoms with van der Waals surface area (Å²) in [7, 11) is -2.61. The highest BCUT2D eigenvalue weighted by Gasteiger charge is 1.79. The molecule has 0 fully saturated rings. The second-order valence-electron chi connectivity index (χ2n) is 1.06. The Labute approximate surface area is 66.7 Å². The van der Waals surface area contributed by atoms with Crippen LogP contribution in [0.2, 0.25) is 0 Å². The van der Waals surface area contributed by atoms with Crippen LogP contribution in [0, 0.1) is 0 Å². The van der Waals surface area contributed by atoms with Gasteiger partial charge in [0.15, 0.2) is 0 Å². The molecule has 0 aliphatic carbocycles. The van der Waals surface area contributed by atoms with Crippen molar-refractivity contribution in [1.29, 1.82) is 0 Å². The topological polar surface area (TPSA) is 43.4 Å². The van der Waals surface area contributed by atoms with E-state index in [0.29, 0.717) is 6.61 Å². The first-order chi connectivity index (χ1) is 3.27. The first kappa shape index (κ1) is 11.5. The van der Waals surface area contributed by atoms with Gasteiger partial charge in [-0.05, 0) is 6.42 Å². The molecule has 0 rings (SSSR count). The molecule has 0 heterocycles. The lowest BCUT2D eigenvalue weighted by atomic mass is 10.5. The zero-order chi connectivity index (χ0) is 5.70. The van der Waals surface area contributed by atoms with E-state index in [1.165, 1.54) is 0 Å². The Hall–Kier alpha value is 0.676. The lowest BCUT2D eigenvalue weighted by molar-refractivity contribution is 0.333. The van der Waals surface area contributed by atoms with Crippen LogP contribution in [0.25, 0.3) is 0 Å². The van der Waals surface area contributed by atoms with Crippen LogP contribution < -0.4 is 0 Å². The molecule has 0 atom stereocenters. The van der Waals surface area contributed by atoms with Gasteiger partial charge in [0, 0.05) is 0 Å². The van der Waals surface area contributed by atoms with Gasteiger partial charge in [-0.1, -0.05) is 6.92 Å². The zero-order valence-corrected chi connectivity index (χ0v) is 4.98. The van der Waals surface area contributed by atoms with Gasteiger partial charge in [0.1, 0.15) is 0 Å². The van der Waals surface area contributed by atoms with Gasteiger partial charge in [0.25, 0.3) is 11.0 Å². The lowest BCUT2D eigenvalue weighted by Gasteiger charge is -1.84. The lowest BCUT2D eigenvalue weighted by Crippen LogP contribution is -1.87. The molecule has 3 nitrogen and oxygen atoms in total. The molecule has 0 amide bonds. The Balaban J connectivity index is 0. The minimum absolute atomic E-state index is 0. The van der Waals surface area contributed by atoms with Crippen LogP contribution in [0.1, 0.15) is 13.3 Å². The van der Waals surface area contributed by atoms with Crippen molar-refractivity contribution in [3.63, 3.8) is 0 Å². The van der Waals surface area contributed by atoms with Crippen molar-refractivity contribution in [2.45, 2.75) is 13.3 Å². The summed E-state index contributed by atoms with van der Waals surface area (Å²) in [4.78, 5) is 0. The molecule has 0 unspecified atom stereocenters. The molecule has 0 aliphatic heterocycles. The monoisotopic (exact) mass is 150 g/mol. The van der Waals surface area contributed by atoms with Crippen molar-refractivity contribution in [2.24, 2.45) is 0 Å². The summed E-state index contributed by atoms with van der Waals surface area (Å²) in [6, 6.07) is 0. The van der Waals surface area contributed by atoms with Gasteiger partial charge in [-0.15, -0.1) is 0 Å². The predicted octanol–water partition coefficient (Wildman–Crippen LogP) is -0.977. The normalized spacial score (nSPS) is 8.75. The first-order valence-electron chi connectivity index (χ1n) is 2.04. The van der Waals surface area contributed by atoms with Crippen molar-refractivity contribution in [2.75, 3.05) is 6.61 Å². The molecule has 48 valence electrons. The Morgan fingerprint density at radius 2 is 2.00 bits per heavy atom. The number of rotatable bonds is 3. The average molecular weight is 150 g/mol. The van der Waals surface area contributed by atoms with E-state index in [2.05, 4.69) is 4.18 Å². The fourth-order valence-corrected chi connectivity index (χ4v) is 0.497. The maximum absolute atomic E-state index is 9.57. The molecular formula is C3H10MgO3S. The van der Waals surface area contributed by atoms with Crippen LogP contribution in [0.3, 0.4) is 0 Å². The van der Waals surface area contributed by atoms with E-state index in [-0.39, 0.29) is 23.1 Å². The second-order valence-corrected chi connectivity index (χ2v) is 1.76. The zero-order valence-electron chi connectivity index (χ0n) is 4.09. The summed E-state index contributed by atoms with van der Waals surface area (Å²) >= 11 is 0. The molecule has 0 aromatic heterocycles. The summed E-state index contributed by atoms with van der Waals surface area (Å²) in [5.41, 5.74) is 0. The van der Waals surface area contributed by atoms with Crippen LogP contribution in [-0.2, 0) is 15.2 Å².